The van der Waals surface area contributed by atoms with Crippen molar-refractivity contribution in [2.24, 2.45) is 0 Å². The molecule has 0 saturated heterocycles. The SMILES string of the molecule is CC(C)(C)OCC(NC(Br)CCCCC=O)C(=O)OC(C)(C)C. The third kappa shape index (κ3) is 13.7. The normalized spacial score (nSPS) is 15.1. The second-order valence-corrected chi connectivity index (χ2v) is 8.70. The summed E-state index contributed by atoms with van der Waals surface area (Å²) in [5, 5.41) is 3.22. The van der Waals surface area contributed by atoms with Gasteiger partial charge < -0.3 is 14.3 Å². The lowest BCUT2D eigenvalue weighted by molar-refractivity contribution is -0.160. The van der Waals surface area contributed by atoms with Gasteiger partial charge in [-0.3, -0.25) is 10.1 Å². The van der Waals surface area contributed by atoms with Crippen molar-refractivity contribution >= 4 is 28.2 Å². The van der Waals surface area contributed by atoms with Gasteiger partial charge >= 0.3 is 5.97 Å². The predicted molar refractivity (Wildman–Crippen MR) is 95.7 cm³/mol. The van der Waals surface area contributed by atoms with E-state index in [2.05, 4.69) is 21.2 Å². The van der Waals surface area contributed by atoms with Gasteiger partial charge in [0.25, 0.3) is 0 Å². The van der Waals surface area contributed by atoms with Crippen molar-refractivity contribution in [1.82, 2.24) is 5.32 Å². The van der Waals surface area contributed by atoms with Crippen molar-refractivity contribution in [3.8, 4) is 0 Å². The van der Waals surface area contributed by atoms with Gasteiger partial charge in [-0.15, -0.1) is 0 Å². The summed E-state index contributed by atoms with van der Waals surface area (Å²) >= 11 is 3.54. The van der Waals surface area contributed by atoms with Crippen LogP contribution in [0.3, 0.4) is 0 Å². The predicted octanol–water partition coefficient (Wildman–Crippen LogP) is 3.58. The van der Waals surface area contributed by atoms with Crippen molar-refractivity contribution in [1.29, 1.82) is 0 Å². The molecule has 0 saturated carbocycles. The first-order valence-electron chi connectivity index (χ1n) is 8.15. The Kier molecular flexibility index (Phi) is 10.2. The highest BCUT2D eigenvalue weighted by Gasteiger charge is 2.28. The van der Waals surface area contributed by atoms with Gasteiger partial charge in [-0.25, -0.2) is 0 Å². The molecule has 6 heteroatoms. The molecule has 0 aliphatic carbocycles. The molecular formula is C17H32BrNO4. The highest BCUT2D eigenvalue weighted by Crippen LogP contribution is 2.14. The fraction of sp³-hybridized carbons (Fsp3) is 0.882. The number of nitrogens with one attached hydrogen (secondary N) is 1. The van der Waals surface area contributed by atoms with E-state index in [0.717, 1.165) is 25.5 Å². The van der Waals surface area contributed by atoms with Gasteiger partial charge in [0.2, 0.25) is 0 Å². The molecule has 0 fully saturated rings. The first kappa shape index (κ1) is 22.5. The van der Waals surface area contributed by atoms with E-state index in [1.54, 1.807) is 0 Å². The number of alkyl halides is 1. The molecule has 0 heterocycles. The molecule has 2 atom stereocenters. The van der Waals surface area contributed by atoms with Crippen LogP contribution in [-0.2, 0) is 19.1 Å². The van der Waals surface area contributed by atoms with Crippen LogP contribution in [-0.4, -0.2) is 41.1 Å². The Balaban J connectivity index is 4.58. The monoisotopic (exact) mass is 393 g/mol. The molecule has 0 aliphatic heterocycles. The fourth-order valence-corrected chi connectivity index (χ4v) is 2.39. The lowest BCUT2D eigenvalue weighted by atomic mass is 10.1. The smallest absolute Gasteiger partial charge is 0.326 e. The number of carbonyl (C=O) groups is 2. The molecule has 136 valence electrons. The maximum Gasteiger partial charge on any atom is 0.326 e. The Morgan fingerprint density at radius 2 is 1.74 bits per heavy atom. The summed E-state index contributed by atoms with van der Waals surface area (Å²) in [5.41, 5.74) is -0.863. The Bertz CT molecular complexity index is 361. The topological polar surface area (TPSA) is 64.6 Å². The number of unbranched alkanes of at least 4 members (excludes halogenated alkanes) is 2. The minimum Gasteiger partial charge on any atom is -0.459 e. The summed E-state index contributed by atoms with van der Waals surface area (Å²) in [4.78, 5) is 22.6. The molecule has 1 N–H and O–H groups in total. The molecule has 0 aliphatic rings. The molecule has 0 aromatic rings. The summed E-state index contributed by atoms with van der Waals surface area (Å²) in [6.07, 6.45) is 4.08. The lowest BCUT2D eigenvalue weighted by Crippen LogP contribution is -2.48. The van der Waals surface area contributed by atoms with Crippen molar-refractivity contribution in [2.75, 3.05) is 6.61 Å². The fourth-order valence-electron chi connectivity index (χ4n) is 1.74. The quantitative estimate of drug-likeness (QED) is 0.202. The molecule has 0 rings (SSSR count). The zero-order chi connectivity index (χ0) is 18.1. The summed E-state index contributed by atoms with van der Waals surface area (Å²) < 4.78 is 11.2. The standard InChI is InChI=1S/C17H32BrNO4/c1-16(2,3)22-12-13(15(21)23-17(4,5)6)19-14(18)10-8-7-9-11-20/h11,13-14,19H,7-10,12H2,1-6H3. The van der Waals surface area contributed by atoms with Gasteiger partial charge in [-0.05, 0) is 54.4 Å². The zero-order valence-corrected chi connectivity index (χ0v) is 16.9. The number of carbonyl (C=O) groups excluding carboxylic acids is 2. The zero-order valence-electron chi connectivity index (χ0n) is 15.3. The molecule has 0 aromatic carbocycles. The van der Waals surface area contributed by atoms with Gasteiger partial charge in [0.05, 0.1) is 17.2 Å². The van der Waals surface area contributed by atoms with Crippen LogP contribution in [0.15, 0.2) is 0 Å². The summed E-state index contributed by atoms with van der Waals surface area (Å²) in [6.45, 7) is 11.6. The number of esters is 1. The van der Waals surface area contributed by atoms with Crippen LogP contribution < -0.4 is 5.32 Å². The Labute approximate surface area is 149 Å². The van der Waals surface area contributed by atoms with Gasteiger partial charge in [0.15, 0.2) is 0 Å². The molecule has 23 heavy (non-hydrogen) atoms. The number of rotatable bonds is 10. The number of halogens is 1. The molecule has 2 unspecified atom stereocenters. The second kappa shape index (κ2) is 10.4. The summed E-state index contributed by atoms with van der Waals surface area (Å²) in [5.74, 6) is -0.320. The lowest BCUT2D eigenvalue weighted by Gasteiger charge is -2.28. The molecule has 0 radical (unpaired) electrons. The highest BCUT2D eigenvalue weighted by molar-refractivity contribution is 9.09. The van der Waals surface area contributed by atoms with E-state index in [1.165, 1.54) is 0 Å². The summed E-state index contributed by atoms with van der Waals surface area (Å²) in [6, 6.07) is -0.538. The minimum absolute atomic E-state index is 0.0322. The average Bonchev–Trinajstić information content (AvgIpc) is 2.36. The number of aldehydes is 1. The Morgan fingerprint density at radius 1 is 1.13 bits per heavy atom. The molecule has 0 bridgehead atoms. The van der Waals surface area contributed by atoms with Crippen LogP contribution >= 0.6 is 15.9 Å². The van der Waals surface area contributed by atoms with Gasteiger partial charge in [-0.2, -0.15) is 0 Å². The van der Waals surface area contributed by atoms with E-state index in [9.17, 15) is 9.59 Å². The summed E-state index contributed by atoms with van der Waals surface area (Å²) in [7, 11) is 0. The van der Waals surface area contributed by atoms with Crippen LogP contribution in [0.1, 0.15) is 67.2 Å². The number of hydrogen-bond donors (Lipinski definition) is 1. The van der Waals surface area contributed by atoms with Crippen LogP contribution in [0.5, 0.6) is 0 Å². The molecule has 0 aromatic heterocycles. The molecule has 0 spiro atoms. The van der Waals surface area contributed by atoms with Gasteiger partial charge in [0.1, 0.15) is 17.9 Å². The van der Waals surface area contributed by atoms with E-state index >= 15 is 0 Å². The number of hydrogen-bond acceptors (Lipinski definition) is 5. The van der Waals surface area contributed by atoms with E-state index < -0.39 is 11.6 Å². The van der Waals surface area contributed by atoms with Crippen molar-refractivity contribution in [3.63, 3.8) is 0 Å². The first-order valence-corrected chi connectivity index (χ1v) is 9.07. The number of ether oxygens (including phenoxy) is 2. The average molecular weight is 394 g/mol. The maximum atomic E-state index is 12.4. The minimum atomic E-state index is -0.538. The van der Waals surface area contributed by atoms with E-state index in [1.807, 2.05) is 41.5 Å². The Hall–Kier alpha value is -0.460. The third-order valence-corrected chi connectivity index (χ3v) is 3.51. The molecular weight excluding hydrogens is 362 g/mol. The van der Waals surface area contributed by atoms with E-state index in [-0.39, 0.29) is 23.1 Å². The van der Waals surface area contributed by atoms with Gasteiger partial charge in [-0.1, -0.05) is 22.4 Å². The molecule has 0 amide bonds. The van der Waals surface area contributed by atoms with Crippen LogP contribution in [0.4, 0.5) is 0 Å². The van der Waals surface area contributed by atoms with Crippen molar-refractivity contribution in [3.05, 3.63) is 0 Å². The molecule has 5 nitrogen and oxygen atoms in total. The van der Waals surface area contributed by atoms with Crippen molar-refractivity contribution < 1.29 is 19.1 Å². The maximum absolute atomic E-state index is 12.4. The van der Waals surface area contributed by atoms with Crippen LogP contribution in [0.25, 0.3) is 0 Å². The van der Waals surface area contributed by atoms with Crippen LogP contribution in [0, 0.1) is 0 Å². The third-order valence-electron chi connectivity index (χ3n) is 2.79. The van der Waals surface area contributed by atoms with Crippen molar-refractivity contribution in [2.45, 2.75) is 89.4 Å². The van der Waals surface area contributed by atoms with E-state index in [4.69, 9.17) is 9.47 Å². The highest BCUT2D eigenvalue weighted by atomic mass is 79.9. The Morgan fingerprint density at radius 3 is 2.22 bits per heavy atom. The van der Waals surface area contributed by atoms with E-state index in [0.29, 0.717) is 6.42 Å². The van der Waals surface area contributed by atoms with Gasteiger partial charge in [0, 0.05) is 6.42 Å². The second-order valence-electron chi connectivity index (χ2n) is 7.59. The largest absolute Gasteiger partial charge is 0.459 e. The first-order chi connectivity index (χ1) is 10.4. The van der Waals surface area contributed by atoms with Crippen LogP contribution in [0.2, 0.25) is 0 Å².